The zero-order chi connectivity index (χ0) is 15.6. The molecule has 0 bridgehead atoms. The average molecular weight is 323 g/mol. The van der Waals surface area contributed by atoms with Crippen LogP contribution in [0.5, 0.6) is 0 Å². The first-order chi connectivity index (χ1) is 9.74. The van der Waals surface area contributed by atoms with Crippen molar-refractivity contribution in [1.82, 2.24) is 9.88 Å². The summed E-state index contributed by atoms with van der Waals surface area (Å²) in [5, 5.41) is 12.5. The van der Waals surface area contributed by atoms with E-state index in [9.17, 15) is 22.8 Å². The maximum absolute atomic E-state index is 12.2. The molecule has 1 aliphatic heterocycles. The van der Waals surface area contributed by atoms with E-state index in [1.807, 2.05) is 0 Å². The van der Waals surface area contributed by atoms with Crippen LogP contribution in [-0.2, 0) is 11.2 Å². The molecule has 0 aliphatic carbocycles. The summed E-state index contributed by atoms with van der Waals surface area (Å²) >= 11 is 0.898. The highest BCUT2D eigenvalue weighted by Crippen LogP contribution is 2.25. The zero-order valence-corrected chi connectivity index (χ0v) is 11.5. The van der Waals surface area contributed by atoms with Gasteiger partial charge in [-0.2, -0.15) is 13.2 Å². The van der Waals surface area contributed by atoms with E-state index in [-0.39, 0.29) is 17.4 Å². The maximum Gasteiger partial charge on any atom is 0.394 e. The second-order valence-electron chi connectivity index (χ2n) is 4.64. The van der Waals surface area contributed by atoms with Gasteiger partial charge in [-0.1, -0.05) is 0 Å². The van der Waals surface area contributed by atoms with Crippen LogP contribution in [0.15, 0.2) is 5.38 Å². The number of rotatable bonds is 3. The van der Waals surface area contributed by atoms with Crippen molar-refractivity contribution in [3.63, 3.8) is 0 Å². The van der Waals surface area contributed by atoms with Crippen molar-refractivity contribution < 1.29 is 27.9 Å². The van der Waals surface area contributed by atoms with Crippen LogP contribution in [0.3, 0.4) is 0 Å². The van der Waals surface area contributed by atoms with Crippen molar-refractivity contribution in [3.05, 3.63) is 11.1 Å². The van der Waals surface area contributed by atoms with E-state index in [1.165, 1.54) is 10.3 Å². The van der Waals surface area contributed by atoms with Crippen molar-refractivity contribution >= 4 is 28.5 Å². The molecule has 6 nitrogen and oxygen atoms in total. The molecular formula is C11H12F3N3O3S. The van der Waals surface area contributed by atoms with Gasteiger partial charge in [0.2, 0.25) is 0 Å². The monoisotopic (exact) mass is 323 g/mol. The summed E-state index contributed by atoms with van der Waals surface area (Å²) in [4.78, 5) is 27.6. The molecule has 0 radical (unpaired) electrons. The number of amides is 2. The van der Waals surface area contributed by atoms with Crippen molar-refractivity contribution in [3.8, 4) is 0 Å². The zero-order valence-electron chi connectivity index (χ0n) is 10.7. The van der Waals surface area contributed by atoms with Gasteiger partial charge in [0.25, 0.3) is 0 Å². The van der Waals surface area contributed by atoms with Gasteiger partial charge in [-0.15, -0.1) is 11.3 Å². The molecule has 1 aromatic heterocycles. The Morgan fingerprint density at radius 1 is 1.52 bits per heavy atom. The highest BCUT2D eigenvalue weighted by atomic mass is 32.1. The van der Waals surface area contributed by atoms with Gasteiger partial charge >= 0.3 is 18.2 Å². The molecule has 2 heterocycles. The fourth-order valence-corrected chi connectivity index (χ4v) is 2.67. The SMILES string of the molecule is O=C(O)C1CCN(C(=O)Nc2nc(CC(F)(F)F)cs2)C1. The quantitative estimate of drug-likeness (QED) is 0.893. The van der Waals surface area contributed by atoms with E-state index in [0.717, 1.165) is 11.3 Å². The number of nitrogens with one attached hydrogen (secondary N) is 1. The normalized spacial score (nSPS) is 18.8. The molecule has 1 unspecified atom stereocenters. The van der Waals surface area contributed by atoms with Gasteiger partial charge in [0.15, 0.2) is 5.13 Å². The Balaban J connectivity index is 1.90. The molecule has 1 atom stereocenters. The number of thiazole rings is 1. The minimum Gasteiger partial charge on any atom is -0.481 e. The number of carbonyl (C=O) groups is 2. The second-order valence-corrected chi connectivity index (χ2v) is 5.49. The molecule has 1 aliphatic rings. The van der Waals surface area contributed by atoms with Crippen molar-refractivity contribution in [2.45, 2.75) is 19.0 Å². The molecule has 116 valence electrons. The van der Waals surface area contributed by atoms with Gasteiger partial charge in [0.1, 0.15) is 0 Å². The number of aromatic nitrogens is 1. The second kappa shape index (κ2) is 5.88. The lowest BCUT2D eigenvalue weighted by Gasteiger charge is -2.15. The van der Waals surface area contributed by atoms with Crippen LogP contribution < -0.4 is 5.32 Å². The van der Waals surface area contributed by atoms with Crippen LogP contribution in [0.2, 0.25) is 0 Å². The topological polar surface area (TPSA) is 82.5 Å². The van der Waals surface area contributed by atoms with E-state index < -0.39 is 30.5 Å². The van der Waals surface area contributed by atoms with Crippen LogP contribution in [-0.4, -0.2) is 46.3 Å². The lowest BCUT2D eigenvalue weighted by Crippen LogP contribution is -2.33. The number of carboxylic acid groups (broad SMARTS) is 1. The fraction of sp³-hybridized carbons (Fsp3) is 0.545. The van der Waals surface area contributed by atoms with Crippen LogP contribution in [0.1, 0.15) is 12.1 Å². The molecule has 1 aromatic rings. The van der Waals surface area contributed by atoms with Crippen molar-refractivity contribution in [2.24, 2.45) is 5.92 Å². The van der Waals surface area contributed by atoms with Crippen molar-refractivity contribution in [2.75, 3.05) is 18.4 Å². The van der Waals surface area contributed by atoms with Gasteiger partial charge in [0, 0.05) is 18.5 Å². The summed E-state index contributed by atoms with van der Waals surface area (Å²) < 4.78 is 36.6. The standard InChI is InChI=1S/C11H12F3N3O3S/c12-11(13,14)3-7-5-21-9(15-7)16-10(20)17-2-1-6(4-17)8(18)19/h5-6H,1-4H2,(H,18,19)(H,15,16,20). The average Bonchev–Trinajstić information content (AvgIpc) is 2.96. The Kier molecular flexibility index (Phi) is 4.35. The Morgan fingerprint density at radius 2 is 2.24 bits per heavy atom. The molecule has 2 rings (SSSR count). The van der Waals surface area contributed by atoms with Gasteiger partial charge in [-0.25, -0.2) is 9.78 Å². The number of anilines is 1. The molecule has 21 heavy (non-hydrogen) atoms. The minimum atomic E-state index is -4.35. The molecule has 2 N–H and O–H groups in total. The fourth-order valence-electron chi connectivity index (χ4n) is 1.97. The Morgan fingerprint density at radius 3 is 2.81 bits per heavy atom. The molecule has 1 saturated heterocycles. The molecular weight excluding hydrogens is 311 g/mol. The number of halogens is 3. The first-order valence-corrected chi connectivity index (χ1v) is 6.92. The summed E-state index contributed by atoms with van der Waals surface area (Å²) in [7, 11) is 0. The molecule has 0 spiro atoms. The Bertz CT molecular complexity index is 546. The van der Waals surface area contributed by atoms with Gasteiger partial charge in [-0.3, -0.25) is 10.1 Å². The van der Waals surface area contributed by atoms with Crippen LogP contribution in [0.25, 0.3) is 0 Å². The number of hydrogen-bond donors (Lipinski definition) is 2. The number of hydrogen-bond acceptors (Lipinski definition) is 4. The third kappa shape index (κ3) is 4.31. The van der Waals surface area contributed by atoms with Gasteiger partial charge in [0.05, 0.1) is 18.0 Å². The lowest BCUT2D eigenvalue weighted by atomic mass is 10.1. The molecule has 2 amide bonds. The lowest BCUT2D eigenvalue weighted by molar-refractivity contribution is -0.141. The summed E-state index contributed by atoms with van der Waals surface area (Å²) in [5.74, 6) is -1.57. The Labute approximate surface area is 121 Å². The van der Waals surface area contributed by atoms with Gasteiger partial charge in [-0.05, 0) is 6.42 Å². The molecule has 0 aromatic carbocycles. The van der Waals surface area contributed by atoms with E-state index in [1.54, 1.807) is 0 Å². The largest absolute Gasteiger partial charge is 0.481 e. The predicted molar refractivity (Wildman–Crippen MR) is 68.2 cm³/mol. The number of likely N-dealkylation sites (tertiary alicyclic amines) is 1. The molecule has 10 heteroatoms. The van der Waals surface area contributed by atoms with Crippen molar-refractivity contribution in [1.29, 1.82) is 0 Å². The van der Waals surface area contributed by atoms with Crippen LogP contribution >= 0.6 is 11.3 Å². The third-order valence-corrected chi connectivity index (χ3v) is 3.78. The first kappa shape index (κ1) is 15.5. The van der Waals surface area contributed by atoms with Crippen LogP contribution in [0, 0.1) is 5.92 Å². The number of urea groups is 1. The van der Waals surface area contributed by atoms with E-state index in [2.05, 4.69) is 10.3 Å². The number of aliphatic carboxylic acids is 1. The maximum atomic E-state index is 12.2. The molecule has 1 fully saturated rings. The van der Waals surface area contributed by atoms with Gasteiger partial charge < -0.3 is 10.0 Å². The summed E-state index contributed by atoms with van der Waals surface area (Å²) in [6, 6.07) is -0.549. The summed E-state index contributed by atoms with van der Waals surface area (Å²) in [6.45, 7) is 0.380. The van der Waals surface area contributed by atoms with E-state index in [0.29, 0.717) is 13.0 Å². The summed E-state index contributed by atoms with van der Waals surface area (Å²) in [5.41, 5.74) is -0.160. The highest BCUT2D eigenvalue weighted by Gasteiger charge is 2.32. The third-order valence-electron chi connectivity index (χ3n) is 2.97. The highest BCUT2D eigenvalue weighted by molar-refractivity contribution is 7.13. The predicted octanol–water partition coefficient (Wildman–Crippen LogP) is 2.19. The smallest absolute Gasteiger partial charge is 0.394 e. The number of nitrogens with zero attached hydrogens (tertiary/aromatic N) is 2. The minimum absolute atomic E-state index is 0.0676. The number of carboxylic acids is 1. The van der Waals surface area contributed by atoms with Crippen LogP contribution in [0.4, 0.5) is 23.1 Å². The number of carbonyl (C=O) groups excluding carboxylic acids is 1. The molecule has 0 saturated carbocycles. The van der Waals surface area contributed by atoms with E-state index >= 15 is 0 Å². The first-order valence-electron chi connectivity index (χ1n) is 6.04. The number of alkyl halides is 3. The Hall–Kier alpha value is -1.84. The van der Waals surface area contributed by atoms with E-state index in [4.69, 9.17) is 5.11 Å². The summed E-state index contributed by atoms with van der Waals surface area (Å²) in [6.07, 6.45) is -5.14.